The Labute approximate surface area is 85.7 Å². The number of thiazole rings is 1. The van der Waals surface area contributed by atoms with Crippen LogP contribution in [-0.2, 0) is 4.74 Å². The van der Waals surface area contributed by atoms with Gasteiger partial charge in [0.25, 0.3) is 0 Å². The summed E-state index contributed by atoms with van der Waals surface area (Å²) in [5.74, 6) is 0. The molecule has 1 aliphatic rings. The van der Waals surface area contributed by atoms with Crippen molar-refractivity contribution in [3.05, 3.63) is 5.69 Å². The molecule has 0 saturated carbocycles. The summed E-state index contributed by atoms with van der Waals surface area (Å²) in [6.45, 7) is 3.76. The molecule has 0 spiro atoms. The lowest BCUT2D eigenvalue weighted by molar-refractivity contribution is 0.199. The second kappa shape index (κ2) is 3.86. The monoisotopic (exact) mass is 216 g/mol. The first-order chi connectivity index (χ1) is 6.25. The van der Waals surface area contributed by atoms with Crippen LogP contribution in [0.1, 0.15) is 12.1 Å². The van der Waals surface area contributed by atoms with Gasteiger partial charge in [0.2, 0.25) is 0 Å². The van der Waals surface area contributed by atoms with Crippen LogP contribution in [0.3, 0.4) is 0 Å². The van der Waals surface area contributed by atoms with Crippen LogP contribution >= 0.6 is 23.1 Å². The van der Waals surface area contributed by atoms with Crippen LogP contribution in [0, 0.1) is 6.92 Å². The zero-order valence-electron chi connectivity index (χ0n) is 7.45. The number of nitrogen functional groups attached to an aromatic ring is 1. The molecule has 1 aromatic heterocycles. The Balaban J connectivity index is 2.03. The highest BCUT2D eigenvalue weighted by molar-refractivity contribution is 8.01. The minimum Gasteiger partial charge on any atom is -0.380 e. The number of hydrogen-bond acceptors (Lipinski definition) is 5. The lowest BCUT2D eigenvalue weighted by Gasteiger charge is -2.04. The normalized spacial score (nSPS) is 22.4. The summed E-state index contributed by atoms with van der Waals surface area (Å²) >= 11 is 3.42. The van der Waals surface area contributed by atoms with Crippen molar-refractivity contribution in [1.82, 2.24) is 4.98 Å². The highest BCUT2D eigenvalue weighted by atomic mass is 32.2. The number of thioether (sulfide) groups is 1. The van der Waals surface area contributed by atoms with Gasteiger partial charge in [-0.2, -0.15) is 0 Å². The average Bonchev–Trinajstić information content (AvgIpc) is 2.63. The molecule has 1 atom stereocenters. The molecule has 1 fully saturated rings. The van der Waals surface area contributed by atoms with E-state index in [0.29, 0.717) is 10.4 Å². The van der Waals surface area contributed by atoms with E-state index in [1.807, 2.05) is 18.7 Å². The number of aryl methyl sites for hydroxylation is 1. The first kappa shape index (κ1) is 9.30. The maximum absolute atomic E-state index is 5.62. The number of anilines is 1. The van der Waals surface area contributed by atoms with Crippen molar-refractivity contribution in [2.75, 3.05) is 18.9 Å². The van der Waals surface area contributed by atoms with Crippen molar-refractivity contribution in [3.63, 3.8) is 0 Å². The Morgan fingerprint density at radius 1 is 1.69 bits per heavy atom. The smallest absolute Gasteiger partial charge is 0.181 e. The third-order valence-corrected chi connectivity index (χ3v) is 4.47. The quantitative estimate of drug-likeness (QED) is 0.820. The van der Waals surface area contributed by atoms with E-state index in [2.05, 4.69) is 4.98 Å². The Kier molecular flexibility index (Phi) is 2.76. The van der Waals surface area contributed by atoms with E-state index < -0.39 is 0 Å². The summed E-state index contributed by atoms with van der Waals surface area (Å²) < 4.78 is 6.55. The zero-order chi connectivity index (χ0) is 9.26. The van der Waals surface area contributed by atoms with Crippen molar-refractivity contribution < 1.29 is 4.74 Å². The topological polar surface area (TPSA) is 48.1 Å². The molecule has 1 saturated heterocycles. The summed E-state index contributed by atoms with van der Waals surface area (Å²) in [7, 11) is 0. The molecule has 0 radical (unpaired) electrons. The van der Waals surface area contributed by atoms with Gasteiger partial charge in [0, 0.05) is 11.9 Å². The molecule has 1 aliphatic heterocycles. The minimum atomic E-state index is 0.596. The van der Waals surface area contributed by atoms with Crippen molar-refractivity contribution in [3.8, 4) is 0 Å². The highest BCUT2D eigenvalue weighted by Crippen LogP contribution is 2.35. The van der Waals surface area contributed by atoms with E-state index in [9.17, 15) is 0 Å². The maximum atomic E-state index is 5.62. The standard InChI is InChI=1S/C8H12N2OS2/c1-5-7(13-8(9)10-5)12-6-2-3-11-4-6/h6H,2-4H2,1H3,(H2,9,10). The Morgan fingerprint density at radius 3 is 3.08 bits per heavy atom. The fourth-order valence-electron chi connectivity index (χ4n) is 1.27. The van der Waals surface area contributed by atoms with Gasteiger partial charge >= 0.3 is 0 Å². The predicted molar refractivity (Wildman–Crippen MR) is 56.3 cm³/mol. The third-order valence-electron chi connectivity index (χ3n) is 1.93. The van der Waals surface area contributed by atoms with Crippen molar-refractivity contribution >= 4 is 28.2 Å². The van der Waals surface area contributed by atoms with Crippen molar-refractivity contribution in [2.24, 2.45) is 0 Å². The molecule has 1 aromatic rings. The SMILES string of the molecule is Cc1nc(N)sc1SC1CCOC1. The summed E-state index contributed by atoms with van der Waals surface area (Å²) in [5.41, 5.74) is 6.67. The van der Waals surface area contributed by atoms with E-state index >= 15 is 0 Å². The first-order valence-corrected chi connectivity index (χ1v) is 5.92. The minimum absolute atomic E-state index is 0.596. The van der Waals surface area contributed by atoms with Gasteiger partial charge in [-0.1, -0.05) is 11.3 Å². The lowest BCUT2D eigenvalue weighted by atomic mass is 10.4. The van der Waals surface area contributed by atoms with E-state index in [-0.39, 0.29) is 0 Å². The van der Waals surface area contributed by atoms with Gasteiger partial charge in [-0.3, -0.25) is 0 Å². The van der Waals surface area contributed by atoms with Crippen molar-refractivity contribution in [2.45, 2.75) is 22.8 Å². The molecule has 0 aliphatic carbocycles. The zero-order valence-corrected chi connectivity index (χ0v) is 9.08. The van der Waals surface area contributed by atoms with E-state index in [0.717, 1.165) is 25.3 Å². The van der Waals surface area contributed by atoms with Crippen LogP contribution in [0.5, 0.6) is 0 Å². The van der Waals surface area contributed by atoms with Crippen LogP contribution < -0.4 is 5.73 Å². The van der Waals surface area contributed by atoms with E-state index in [4.69, 9.17) is 10.5 Å². The summed E-state index contributed by atoms with van der Waals surface area (Å²) in [6, 6.07) is 0. The molecule has 0 aromatic carbocycles. The molecule has 3 nitrogen and oxygen atoms in total. The molecule has 13 heavy (non-hydrogen) atoms. The second-order valence-electron chi connectivity index (χ2n) is 3.03. The number of aromatic nitrogens is 1. The number of nitrogens with zero attached hydrogens (tertiary/aromatic N) is 1. The van der Waals surface area contributed by atoms with Gasteiger partial charge in [-0.15, -0.1) is 11.8 Å². The Bertz CT molecular complexity index is 294. The summed E-state index contributed by atoms with van der Waals surface area (Å²) in [4.78, 5) is 4.19. The molecular weight excluding hydrogens is 204 g/mol. The molecule has 72 valence electrons. The molecule has 5 heteroatoms. The van der Waals surface area contributed by atoms with Crippen LogP contribution in [0.4, 0.5) is 5.13 Å². The largest absolute Gasteiger partial charge is 0.380 e. The predicted octanol–water partition coefficient (Wildman–Crippen LogP) is 1.91. The molecule has 0 bridgehead atoms. The fourth-order valence-corrected chi connectivity index (χ4v) is 3.59. The van der Waals surface area contributed by atoms with E-state index in [1.54, 1.807) is 11.3 Å². The van der Waals surface area contributed by atoms with E-state index in [1.165, 1.54) is 4.21 Å². The van der Waals surface area contributed by atoms with Crippen molar-refractivity contribution in [1.29, 1.82) is 0 Å². The van der Waals surface area contributed by atoms with Gasteiger partial charge in [0.05, 0.1) is 16.5 Å². The third kappa shape index (κ3) is 2.15. The van der Waals surface area contributed by atoms with Gasteiger partial charge in [-0.05, 0) is 13.3 Å². The number of hydrogen-bond donors (Lipinski definition) is 1. The number of ether oxygens (including phenoxy) is 1. The van der Waals surface area contributed by atoms with Crippen LogP contribution in [0.2, 0.25) is 0 Å². The molecule has 2 N–H and O–H groups in total. The van der Waals surface area contributed by atoms with Crippen LogP contribution in [0.15, 0.2) is 4.21 Å². The number of rotatable bonds is 2. The molecule has 0 amide bonds. The van der Waals surface area contributed by atoms with Crippen LogP contribution in [-0.4, -0.2) is 23.4 Å². The summed E-state index contributed by atoms with van der Waals surface area (Å²) in [6.07, 6.45) is 1.14. The molecule has 2 heterocycles. The Hall–Kier alpha value is -0.260. The number of nitrogens with two attached hydrogens (primary N) is 1. The molecular formula is C8H12N2OS2. The van der Waals surface area contributed by atoms with Gasteiger partial charge in [0.1, 0.15) is 0 Å². The fraction of sp³-hybridized carbons (Fsp3) is 0.625. The average molecular weight is 216 g/mol. The maximum Gasteiger partial charge on any atom is 0.181 e. The molecule has 2 rings (SSSR count). The lowest BCUT2D eigenvalue weighted by Crippen LogP contribution is -1.99. The first-order valence-electron chi connectivity index (χ1n) is 4.23. The van der Waals surface area contributed by atoms with Gasteiger partial charge < -0.3 is 10.5 Å². The summed E-state index contributed by atoms with van der Waals surface area (Å²) in [5, 5.41) is 1.26. The Morgan fingerprint density at radius 2 is 2.54 bits per heavy atom. The van der Waals surface area contributed by atoms with Crippen LogP contribution in [0.25, 0.3) is 0 Å². The second-order valence-corrected chi connectivity index (χ2v) is 5.63. The molecule has 1 unspecified atom stereocenters. The highest BCUT2D eigenvalue weighted by Gasteiger charge is 2.19. The van der Waals surface area contributed by atoms with Gasteiger partial charge in [-0.25, -0.2) is 4.98 Å². The van der Waals surface area contributed by atoms with Gasteiger partial charge in [0.15, 0.2) is 5.13 Å².